The summed E-state index contributed by atoms with van der Waals surface area (Å²) in [6.07, 6.45) is 1.46. The Morgan fingerprint density at radius 1 is 1.39 bits per heavy atom. The normalized spacial score (nSPS) is 11.3. The number of hydrogen-bond acceptors (Lipinski definition) is 6. The summed E-state index contributed by atoms with van der Waals surface area (Å²) in [6.45, 7) is 1.79. The Balaban J connectivity index is 2.00. The molecule has 1 aromatic carbocycles. The number of nitrogens with one attached hydrogen (secondary N) is 1. The number of phenolic OH excluding ortho intramolecular Hbond substituents is 2. The van der Waals surface area contributed by atoms with Gasteiger partial charge < -0.3 is 15.4 Å². The van der Waals surface area contributed by atoms with E-state index in [1.165, 1.54) is 29.1 Å². The van der Waals surface area contributed by atoms with Gasteiger partial charge in [0.1, 0.15) is 18.0 Å². The van der Waals surface area contributed by atoms with E-state index in [-0.39, 0.29) is 34.3 Å². The van der Waals surface area contributed by atoms with E-state index in [9.17, 15) is 19.9 Å². The maximum Gasteiger partial charge on any atom is 0.433 e. The molecule has 0 fully saturated rings. The number of aromatic nitrogens is 2. The molecule has 0 atom stereocenters. The summed E-state index contributed by atoms with van der Waals surface area (Å²) in [5.41, 5.74) is 2.67. The van der Waals surface area contributed by atoms with Crippen LogP contribution < -0.4 is 5.43 Å². The summed E-state index contributed by atoms with van der Waals surface area (Å²) >= 11 is 0. The zero-order valence-electron chi connectivity index (χ0n) is 12.0. The highest BCUT2D eigenvalue weighted by molar-refractivity contribution is 5.97. The van der Waals surface area contributed by atoms with Gasteiger partial charge in [-0.15, -0.1) is 0 Å². The lowest BCUT2D eigenvalue weighted by Crippen LogP contribution is -2.20. The monoisotopic (exact) mass is 320 g/mol. The summed E-state index contributed by atoms with van der Waals surface area (Å²) in [4.78, 5) is 22.1. The van der Waals surface area contributed by atoms with Crippen molar-refractivity contribution in [3.8, 4) is 11.5 Å². The molecule has 23 heavy (non-hydrogen) atoms. The lowest BCUT2D eigenvalue weighted by atomic mass is 10.2. The van der Waals surface area contributed by atoms with Crippen molar-refractivity contribution in [1.82, 2.24) is 15.2 Å². The van der Waals surface area contributed by atoms with Gasteiger partial charge in [0.2, 0.25) is 0 Å². The zero-order chi connectivity index (χ0) is 17.0. The third-order valence-corrected chi connectivity index (χ3v) is 2.79. The fraction of sp³-hybridized carbons (Fsp3) is 0.154. The highest BCUT2D eigenvalue weighted by Gasteiger charge is 2.16. The summed E-state index contributed by atoms with van der Waals surface area (Å²) in [7, 11) is 0. The van der Waals surface area contributed by atoms with Gasteiger partial charge >= 0.3 is 5.82 Å². The van der Waals surface area contributed by atoms with Crippen LogP contribution in [0.15, 0.2) is 35.6 Å². The first-order valence-electron chi connectivity index (χ1n) is 6.42. The third kappa shape index (κ3) is 4.03. The number of rotatable bonds is 5. The van der Waals surface area contributed by atoms with Crippen molar-refractivity contribution < 1.29 is 25.1 Å². The van der Waals surface area contributed by atoms with Crippen molar-refractivity contribution in [1.29, 1.82) is 0 Å². The molecular formula is C13H14N5O5+. The van der Waals surface area contributed by atoms with Crippen LogP contribution in [-0.4, -0.2) is 41.7 Å². The minimum atomic E-state index is -0.649. The molecule has 2 rings (SSSR count). The van der Waals surface area contributed by atoms with Crippen LogP contribution in [0.3, 0.4) is 0 Å². The summed E-state index contributed by atoms with van der Waals surface area (Å²) in [5, 5.41) is 35.1. The first-order valence-corrected chi connectivity index (χ1v) is 6.42. The van der Waals surface area contributed by atoms with E-state index in [0.29, 0.717) is 5.71 Å². The number of carbonyl (C=O) groups is 1. The highest BCUT2D eigenvalue weighted by atomic mass is 16.6. The topological polar surface area (TPSA) is 140 Å². The predicted molar refractivity (Wildman–Crippen MR) is 77.6 cm³/mol. The van der Waals surface area contributed by atoms with E-state index in [1.54, 1.807) is 6.92 Å². The Labute approximate surface area is 129 Å². The first kappa shape index (κ1) is 15.9. The van der Waals surface area contributed by atoms with Crippen LogP contribution in [0.4, 0.5) is 5.82 Å². The quantitative estimate of drug-likeness (QED) is 0.476. The van der Waals surface area contributed by atoms with Crippen molar-refractivity contribution in [3.05, 3.63) is 40.9 Å². The standard InChI is InChI=1S/C13H13N5O5/c1-8(7-17-5-4-12(16-17)18(22)23)14-15-13(21)10-3-2-9(19)6-11(10)20/h2-6H,7H2,1H3,(H3-,15,19,20,21,22,23)/p+1/b14-8+. The van der Waals surface area contributed by atoms with E-state index in [0.717, 1.165) is 6.07 Å². The van der Waals surface area contributed by atoms with Crippen molar-refractivity contribution in [3.63, 3.8) is 0 Å². The number of aromatic hydroxyl groups is 2. The highest BCUT2D eigenvalue weighted by Crippen LogP contribution is 2.22. The summed E-state index contributed by atoms with van der Waals surface area (Å²) in [5.74, 6) is -1.35. The van der Waals surface area contributed by atoms with Crippen LogP contribution in [0, 0.1) is 4.91 Å². The van der Waals surface area contributed by atoms with Gasteiger partial charge in [-0.2, -0.15) is 9.78 Å². The molecule has 0 saturated heterocycles. The summed E-state index contributed by atoms with van der Waals surface area (Å²) in [6, 6.07) is 4.88. The van der Waals surface area contributed by atoms with Gasteiger partial charge in [-0.1, -0.05) is 0 Å². The molecule has 4 N–H and O–H groups in total. The van der Waals surface area contributed by atoms with E-state index in [1.807, 2.05) is 0 Å². The van der Waals surface area contributed by atoms with Gasteiger partial charge in [-0.3, -0.25) is 4.79 Å². The molecule has 0 bridgehead atoms. The number of hydrazone groups is 1. The largest absolute Gasteiger partial charge is 0.508 e. The molecule has 0 saturated carbocycles. The van der Waals surface area contributed by atoms with Gasteiger partial charge in [0, 0.05) is 6.07 Å². The Morgan fingerprint density at radius 2 is 2.13 bits per heavy atom. The molecule has 0 aliphatic carbocycles. The van der Waals surface area contributed by atoms with E-state index in [2.05, 4.69) is 15.6 Å². The Morgan fingerprint density at radius 3 is 2.74 bits per heavy atom. The van der Waals surface area contributed by atoms with Crippen LogP contribution in [-0.2, 0) is 6.54 Å². The molecule has 1 amide bonds. The average Bonchev–Trinajstić information content (AvgIpc) is 2.93. The molecule has 10 nitrogen and oxygen atoms in total. The second-order valence-corrected chi connectivity index (χ2v) is 4.63. The first-order chi connectivity index (χ1) is 10.9. The maximum atomic E-state index is 11.9. The number of carbonyl (C=O) groups excluding carboxylic acids is 1. The number of phenols is 2. The van der Waals surface area contributed by atoms with Gasteiger partial charge in [0.05, 0.1) is 28.6 Å². The SMILES string of the molecule is C/C(Cn1ccc([N+](=O)O)n1)=N\NC(=O)c1ccc(O)cc1O. The number of amides is 1. The molecule has 1 aromatic heterocycles. The molecule has 1 heterocycles. The summed E-state index contributed by atoms with van der Waals surface area (Å²) < 4.78 is 1.35. The fourth-order valence-electron chi connectivity index (χ4n) is 1.73. The van der Waals surface area contributed by atoms with Gasteiger partial charge in [0.25, 0.3) is 5.91 Å². The number of benzene rings is 1. The molecule has 120 valence electrons. The molecule has 0 aliphatic rings. The van der Waals surface area contributed by atoms with Crippen LogP contribution in [0.1, 0.15) is 17.3 Å². The van der Waals surface area contributed by atoms with Gasteiger partial charge in [-0.05, 0) is 24.0 Å². The van der Waals surface area contributed by atoms with Gasteiger partial charge in [0.15, 0.2) is 4.92 Å². The van der Waals surface area contributed by atoms with E-state index < -0.39 is 5.91 Å². The molecular weight excluding hydrogens is 306 g/mol. The lowest BCUT2D eigenvalue weighted by molar-refractivity contribution is -0.732. The number of nitrogens with zero attached hydrogens (tertiary/aromatic N) is 4. The van der Waals surface area contributed by atoms with E-state index >= 15 is 0 Å². The average molecular weight is 320 g/mol. The fourth-order valence-corrected chi connectivity index (χ4v) is 1.73. The minimum absolute atomic E-state index is 0.0389. The molecule has 0 unspecified atom stereocenters. The van der Waals surface area contributed by atoms with Gasteiger partial charge in [-0.25, -0.2) is 5.43 Å². The van der Waals surface area contributed by atoms with Crippen molar-refractivity contribution in [2.45, 2.75) is 13.5 Å². The molecule has 0 radical (unpaired) electrons. The molecule has 10 heteroatoms. The van der Waals surface area contributed by atoms with Crippen LogP contribution in [0.25, 0.3) is 0 Å². The minimum Gasteiger partial charge on any atom is -0.508 e. The second kappa shape index (κ2) is 6.56. The second-order valence-electron chi connectivity index (χ2n) is 4.63. The Hall–Kier alpha value is -3.43. The zero-order valence-corrected chi connectivity index (χ0v) is 12.0. The Bertz CT molecular complexity index is 783. The van der Waals surface area contributed by atoms with Crippen molar-refractivity contribution in [2.24, 2.45) is 5.10 Å². The van der Waals surface area contributed by atoms with Crippen molar-refractivity contribution >= 4 is 17.4 Å². The van der Waals surface area contributed by atoms with Crippen LogP contribution in [0.5, 0.6) is 11.5 Å². The lowest BCUT2D eigenvalue weighted by Gasteiger charge is -2.04. The van der Waals surface area contributed by atoms with Crippen LogP contribution in [0.2, 0.25) is 0 Å². The maximum absolute atomic E-state index is 11.9. The molecule has 0 aliphatic heterocycles. The smallest absolute Gasteiger partial charge is 0.433 e. The molecule has 0 spiro atoms. The van der Waals surface area contributed by atoms with Crippen molar-refractivity contribution in [2.75, 3.05) is 0 Å². The molecule has 2 aromatic rings. The number of hydrogen-bond donors (Lipinski definition) is 4. The predicted octanol–water partition coefficient (Wildman–Crippen LogP) is 0.900. The van der Waals surface area contributed by atoms with E-state index in [4.69, 9.17) is 5.21 Å². The third-order valence-electron chi connectivity index (χ3n) is 2.79. The Kier molecular flexibility index (Phi) is 4.55. The van der Waals surface area contributed by atoms with Crippen LogP contribution >= 0.6 is 0 Å².